The summed E-state index contributed by atoms with van der Waals surface area (Å²) in [6.07, 6.45) is 1.02. The molecule has 0 unspecified atom stereocenters. The predicted molar refractivity (Wildman–Crippen MR) is 130 cm³/mol. The lowest BCUT2D eigenvalue weighted by Crippen LogP contribution is -2.29. The van der Waals surface area contributed by atoms with Crippen molar-refractivity contribution in [1.29, 1.82) is 0 Å². The maximum absolute atomic E-state index is 13.8. The number of ketones is 1. The van der Waals surface area contributed by atoms with Crippen molar-refractivity contribution in [2.75, 3.05) is 33.8 Å². The van der Waals surface area contributed by atoms with E-state index in [0.717, 1.165) is 33.7 Å². The number of hydrogen-bond acceptors (Lipinski definition) is 8. The molecule has 8 heteroatoms. The highest BCUT2D eigenvalue weighted by Crippen LogP contribution is 2.51. The molecule has 2 atom stereocenters. The first-order valence-corrected chi connectivity index (χ1v) is 11.4. The molecule has 1 aromatic heterocycles. The number of methoxy groups -OCH3 is 4. The van der Waals surface area contributed by atoms with E-state index >= 15 is 0 Å². The molecule has 8 nitrogen and oxygen atoms in total. The van der Waals surface area contributed by atoms with Gasteiger partial charge in [-0.25, -0.2) is 0 Å². The molecule has 0 spiro atoms. The van der Waals surface area contributed by atoms with Gasteiger partial charge in [0.25, 0.3) is 0 Å². The Bertz CT molecular complexity index is 1330. The van der Waals surface area contributed by atoms with Gasteiger partial charge in [-0.3, -0.25) is 4.79 Å². The lowest BCUT2D eigenvalue weighted by molar-refractivity contribution is -0.116. The molecule has 2 aromatic carbocycles. The summed E-state index contributed by atoms with van der Waals surface area (Å²) in [5.74, 6) is 2.89. The number of nitrogens with one attached hydrogen (secondary N) is 1. The van der Waals surface area contributed by atoms with Crippen LogP contribution in [0.1, 0.15) is 47.1 Å². The number of Topliss-reactive ketones (excluding diaryl/α,β-unsaturated/α-hetero) is 1. The smallest absolute Gasteiger partial charge is 0.233 e. The number of fused-ring (bicyclic) bond motifs is 1. The predicted octanol–water partition coefficient (Wildman–Crippen LogP) is 4.98. The number of ether oxygens (including phenoxy) is 4. The van der Waals surface area contributed by atoms with Gasteiger partial charge in [0.05, 0.1) is 45.6 Å². The second-order valence-corrected chi connectivity index (χ2v) is 8.71. The molecule has 2 heterocycles. The minimum atomic E-state index is -0.354. The number of hydrogen-bond donors (Lipinski definition) is 1. The fourth-order valence-electron chi connectivity index (χ4n) is 5.18. The van der Waals surface area contributed by atoms with Gasteiger partial charge in [-0.2, -0.15) is 0 Å². The number of anilines is 1. The molecule has 0 radical (unpaired) electrons. The number of rotatable bonds is 6. The van der Waals surface area contributed by atoms with Crippen LogP contribution in [-0.2, 0) is 4.79 Å². The monoisotopic (exact) mass is 476 g/mol. The van der Waals surface area contributed by atoms with Crippen LogP contribution >= 0.6 is 0 Å². The number of benzene rings is 2. The molecular formula is C27H28N2O6. The van der Waals surface area contributed by atoms with E-state index in [2.05, 4.69) is 10.5 Å². The number of nitrogens with zero attached hydrogens (tertiary/aromatic N) is 1. The van der Waals surface area contributed by atoms with Crippen LogP contribution in [0.5, 0.6) is 23.0 Å². The highest BCUT2D eigenvalue weighted by molar-refractivity contribution is 6.01. The quantitative estimate of drug-likeness (QED) is 0.533. The summed E-state index contributed by atoms with van der Waals surface area (Å²) in [4.78, 5) is 13.8. The zero-order valence-corrected chi connectivity index (χ0v) is 20.4. The van der Waals surface area contributed by atoms with Crippen LogP contribution in [0.25, 0.3) is 0 Å². The maximum atomic E-state index is 13.8. The second kappa shape index (κ2) is 9.02. The van der Waals surface area contributed by atoms with Crippen LogP contribution in [0.15, 0.2) is 52.2 Å². The van der Waals surface area contributed by atoms with Crippen LogP contribution in [0.3, 0.4) is 0 Å². The molecule has 0 saturated carbocycles. The van der Waals surface area contributed by atoms with Crippen molar-refractivity contribution in [3.63, 3.8) is 0 Å². The summed E-state index contributed by atoms with van der Waals surface area (Å²) in [6.45, 7) is 1.89. The van der Waals surface area contributed by atoms with E-state index in [9.17, 15) is 4.79 Å². The number of aromatic nitrogens is 1. The molecule has 0 bridgehead atoms. The molecule has 182 valence electrons. The van der Waals surface area contributed by atoms with Crippen molar-refractivity contribution in [3.8, 4) is 23.0 Å². The van der Waals surface area contributed by atoms with Gasteiger partial charge in [-0.15, -0.1) is 0 Å². The van der Waals surface area contributed by atoms with Crippen molar-refractivity contribution in [3.05, 3.63) is 70.1 Å². The number of carbonyl (C=O) groups is 1. The Morgan fingerprint density at radius 2 is 1.69 bits per heavy atom. The maximum Gasteiger partial charge on any atom is 0.233 e. The Morgan fingerprint density at radius 3 is 2.40 bits per heavy atom. The van der Waals surface area contributed by atoms with Gasteiger partial charge in [0, 0.05) is 29.3 Å². The Kier molecular flexibility index (Phi) is 5.88. The molecule has 0 saturated heterocycles. The lowest BCUT2D eigenvalue weighted by atomic mass is 9.72. The van der Waals surface area contributed by atoms with E-state index in [-0.39, 0.29) is 17.6 Å². The minimum absolute atomic E-state index is 0.0162. The molecule has 0 amide bonds. The van der Waals surface area contributed by atoms with Crippen LogP contribution < -0.4 is 24.3 Å². The fraction of sp³-hybridized carbons (Fsp3) is 0.333. The first-order valence-electron chi connectivity index (χ1n) is 11.4. The average molecular weight is 477 g/mol. The summed E-state index contributed by atoms with van der Waals surface area (Å²) in [5.41, 5.74) is 5.04. The zero-order valence-electron chi connectivity index (χ0n) is 20.4. The third-order valence-electron chi connectivity index (χ3n) is 6.89. The number of carbonyl (C=O) groups excluding carboxylic acids is 1. The molecule has 5 rings (SSSR count). The summed E-state index contributed by atoms with van der Waals surface area (Å²) < 4.78 is 27.6. The molecule has 1 N–H and O–H groups in total. The molecule has 1 aliphatic carbocycles. The van der Waals surface area contributed by atoms with Crippen LogP contribution in [0.4, 0.5) is 5.88 Å². The van der Waals surface area contributed by atoms with E-state index < -0.39 is 0 Å². The molecule has 3 aromatic rings. The van der Waals surface area contributed by atoms with Gasteiger partial charge >= 0.3 is 0 Å². The van der Waals surface area contributed by atoms with Crippen molar-refractivity contribution in [2.24, 2.45) is 0 Å². The largest absolute Gasteiger partial charge is 0.497 e. The van der Waals surface area contributed by atoms with Gasteiger partial charge in [0.15, 0.2) is 17.3 Å². The topological polar surface area (TPSA) is 92.1 Å². The minimum Gasteiger partial charge on any atom is -0.497 e. The first kappa shape index (κ1) is 22.8. The molecule has 0 fully saturated rings. The van der Waals surface area contributed by atoms with E-state index in [4.69, 9.17) is 23.5 Å². The van der Waals surface area contributed by atoms with Gasteiger partial charge in [-0.1, -0.05) is 17.3 Å². The average Bonchev–Trinajstić information content (AvgIpc) is 3.26. The normalized spacial score (nSPS) is 18.9. The van der Waals surface area contributed by atoms with Gasteiger partial charge < -0.3 is 28.8 Å². The molecule has 1 aliphatic heterocycles. The Balaban J connectivity index is 1.61. The first-order chi connectivity index (χ1) is 17.0. The third kappa shape index (κ3) is 3.79. The van der Waals surface area contributed by atoms with Crippen molar-refractivity contribution in [2.45, 2.75) is 31.6 Å². The Labute approximate surface area is 203 Å². The van der Waals surface area contributed by atoms with Crippen molar-refractivity contribution < 1.29 is 28.3 Å². The summed E-state index contributed by atoms with van der Waals surface area (Å²) in [6, 6.07) is 11.5. The van der Waals surface area contributed by atoms with Crippen LogP contribution in [-0.4, -0.2) is 39.4 Å². The molecular weight excluding hydrogens is 448 g/mol. The molecule has 35 heavy (non-hydrogen) atoms. The lowest BCUT2D eigenvalue weighted by Gasteiger charge is -2.35. The number of aryl methyl sites for hydroxylation is 1. The Morgan fingerprint density at radius 1 is 0.914 bits per heavy atom. The fourth-order valence-corrected chi connectivity index (χ4v) is 5.18. The van der Waals surface area contributed by atoms with Crippen LogP contribution in [0.2, 0.25) is 0 Å². The van der Waals surface area contributed by atoms with E-state index in [1.807, 2.05) is 43.3 Å². The van der Waals surface area contributed by atoms with Gasteiger partial charge in [0.2, 0.25) is 5.88 Å². The zero-order chi connectivity index (χ0) is 24.7. The van der Waals surface area contributed by atoms with Crippen LogP contribution in [0, 0.1) is 6.92 Å². The van der Waals surface area contributed by atoms with Gasteiger partial charge in [-0.05, 0) is 43.0 Å². The van der Waals surface area contributed by atoms with E-state index in [1.165, 1.54) is 0 Å². The standard InChI is InChI=1S/C27H28N2O6/c1-14-24-25(18-8-7-17(31-2)13-22(18)33-4)26-19(28-27(24)35-29-14)10-16(11-20(26)30)15-6-9-21(32-3)23(12-15)34-5/h6-9,12-13,16,25,28H,10-11H2,1-5H3/t16-,25-/m1/s1. The second-order valence-electron chi connectivity index (χ2n) is 8.71. The summed E-state index contributed by atoms with van der Waals surface area (Å²) in [7, 11) is 6.44. The molecule has 2 aliphatic rings. The third-order valence-corrected chi connectivity index (χ3v) is 6.89. The van der Waals surface area contributed by atoms with Crippen molar-refractivity contribution >= 4 is 11.7 Å². The van der Waals surface area contributed by atoms with E-state index in [1.54, 1.807) is 28.4 Å². The highest BCUT2D eigenvalue weighted by Gasteiger charge is 2.42. The van der Waals surface area contributed by atoms with Crippen molar-refractivity contribution in [1.82, 2.24) is 5.16 Å². The summed E-state index contributed by atoms with van der Waals surface area (Å²) >= 11 is 0. The highest BCUT2D eigenvalue weighted by atomic mass is 16.5. The number of allylic oxidation sites excluding steroid dienone is 2. The van der Waals surface area contributed by atoms with E-state index in [0.29, 0.717) is 41.7 Å². The Hall–Kier alpha value is -3.94. The van der Waals surface area contributed by atoms with Gasteiger partial charge in [0.1, 0.15) is 11.5 Å². The summed E-state index contributed by atoms with van der Waals surface area (Å²) in [5, 5.41) is 7.56. The SMILES string of the molecule is COc1ccc([C@H]2C3=C(C[C@@H](c4ccc(OC)c(OC)c4)CC3=O)Nc3onc(C)c32)c(OC)c1.